The Bertz CT molecular complexity index is 3880. The van der Waals surface area contributed by atoms with E-state index in [2.05, 4.69) is 249 Å². The molecule has 0 amide bonds. The zero-order chi connectivity index (χ0) is 45.3. The number of para-hydroxylation sites is 2. The van der Waals surface area contributed by atoms with Crippen LogP contribution in [0.25, 0.3) is 117 Å². The van der Waals surface area contributed by atoms with Crippen LogP contribution in [0.4, 0.5) is 0 Å². The molecule has 1 aliphatic rings. The molecule has 0 aliphatic heterocycles. The van der Waals surface area contributed by atoms with E-state index in [-0.39, 0.29) is 5.41 Å². The van der Waals surface area contributed by atoms with Crippen LogP contribution in [0.15, 0.2) is 237 Å². The maximum atomic E-state index is 5.33. The van der Waals surface area contributed by atoms with Gasteiger partial charge in [-0.3, -0.25) is 0 Å². The van der Waals surface area contributed by atoms with Crippen molar-refractivity contribution >= 4 is 32.6 Å². The highest BCUT2D eigenvalue weighted by atomic mass is 15.0. The average Bonchev–Trinajstić information content (AvgIpc) is 3.86. The second kappa shape index (κ2) is 15.8. The van der Waals surface area contributed by atoms with Crippen LogP contribution < -0.4 is 0 Å². The minimum Gasteiger partial charge on any atom is -0.309 e. The number of benzene rings is 10. The fraction of sp³-hybridized carbons (Fsp3) is 0.0462. The molecule has 0 saturated heterocycles. The van der Waals surface area contributed by atoms with Crippen LogP contribution in [-0.4, -0.2) is 14.5 Å². The molecule has 0 fully saturated rings. The first-order chi connectivity index (χ1) is 33.5. The molecule has 3 nitrogen and oxygen atoms in total. The van der Waals surface area contributed by atoms with E-state index in [4.69, 9.17) is 9.97 Å². The normalized spacial score (nSPS) is 12.7. The number of nitrogens with zero attached hydrogens (tertiary/aromatic N) is 3. The van der Waals surface area contributed by atoms with Crippen molar-refractivity contribution in [3.8, 4) is 84.1 Å². The first kappa shape index (κ1) is 39.7. The molecule has 3 heteroatoms. The number of hydrogen-bond acceptors (Lipinski definition) is 2. The zero-order valence-corrected chi connectivity index (χ0v) is 37.9. The standard InChI is InChI=1S/C65H45N3/c1-65(2)58-29-14-11-26-53(58)54-33-32-45(40-59(54)65)47-37-48(39-49(38-47)68-62-30-15-12-27-56(62)57-28-13-16-31-63(57)68)50-34-35-55(52-25-10-9-24-51(50)52)61-41-60(66-64(67-61)43-20-7-4-8-21-43)46-23-17-22-44(36-46)42-18-5-3-6-19-42/h3-41H,1-2H3. The minimum atomic E-state index is -0.118. The van der Waals surface area contributed by atoms with Gasteiger partial charge in [-0.05, 0) is 115 Å². The number of fused-ring (bicyclic) bond motifs is 7. The molecular weight excluding hydrogens is 823 g/mol. The summed E-state index contributed by atoms with van der Waals surface area (Å²) in [7, 11) is 0. The van der Waals surface area contributed by atoms with E-state index in [0.717, 1.165) is 61.2 Å². The predicted molar refractivity (Wildman–Crippen MR) is 284 cm³/mol. The topological polar surface area (TPSA) is 30.7 Å². The Morgan fingerprint density at radius 1 is 0.309 bits per heavy atom. The Hall–Kier alpha value is -8.66. The van der Waals surface area contributed by atoms with Gasteiger partial charge in [-0.1, -0.05) is 202 Å². The predicted octanol–water partition coefficient (Wildman–Crippen LogP) is 17.0. The van der Waals surface area contributed by atoms with Gasteiger partial charge in [0.1, 0.15) is 0 Å². The Labute approximate surface area is 396 Å². The van der Waals surface area contributed by atoms with Crippen LogP contribution in [0.3, 0.4) is 0 Å². The Balaban J connectivity index is 1.01. The smallest absolute Gasteiger partial charge is 0.160 e. The van der Waals surface area contributed by atoms with Crippen molar-refractivity contribution in [1.82, 2.24) is 14.5 Å². The molecule has 0 saturated carbocycles. The third-order valence-corrected chi connectivity index (χ3v) is 14.2. The lowest BCUT2D eigenvalue weighted by atomic mass is 9.81. The van der Waals surface area contributed by atoms with Crippen molar-refractivity contribution in [3.05, 3.63) is 248 Å². The van der Waals surface area contributed by atoms with Gasteiger partial charge >= 0.3 is 0 Å². The highest BCUT2D eigenvalue weighted by molar-refractivity contribution is 6.10. The Morgan fingerprint density at radius 3 is 1.57 bits per heavy atom. The second-order valence-corrected chi connectivity index (χ2v) is 18.6. The molecule has 0 spiro atoms. The Kier molecular flexibility index (Phi) is 9.19. The van der Waals surface area contributed by atoms with E-state index in [1.54, 1.807) is 0 Å². The molecule has 13 rings (SSSR count). The molecule has 2 heterocycles. The summed E-state index contributed by atoms with van der Waals surface area (Å²) >= 11 is 0. The average molecular weight is 868 g/mol. The van der Waals surface area contributed by atoms with E-state index in [1.807, 2.05) is 6.07 Å². The molecule has 0 unspecified atom stereocenters. The van der Waals surface area contributed by atoms with Gasteiger partial charge in [-0.25, -0.2) is 9.97 Å². The van der Waals surface area contributed by atoms with Crippen molar-refractivity contribution in [2.75, 3.05) is 0 Å². The lowest BCUT2D eigenvalue weighted by Crippen LogP contribution is -2.14. The maximum absolute atomic E-state index is 5.33. The Morgan fingerprint density at radius 2 is 0.824 bits per heavy atom. The summed E-state index contributed by atoms with van der Waals surface area (Å²) in [4.78, 5) is 10.6. The van der Waals surface area contributed by atoms with Crippen molar-refractivity contribution in [2.24, 2.45) is 0 Å². The zero-order valence-electron chi connectivity index (χ0n) is 37.9. The van der Waals surface area contributed by atoms with Gasteiger partial charge in [0.15, 0.2) is 5.82 Å². The highest BCUT2D eigenvalue weighted by Crippen LogP contribution is 2.50. The monoisotopic (exact) mass is 867 g/mol. The highest BCUT2D eigenvalue weighted by Gasteiger charge is 2.35. The lowest BCUT2D eigenvalue weighted by molar-refractivity contribution is 0.660. The van der Waals surface area contributed by atoms with Crippen molar-refractivity contribution in [3.63, 3.8) is 0 Å². The third kappa shape index (κ3) is 6.50. The van der Waals surface area contributed by atoms with E-state index in [9.17, 15) is 0 Å². The summed E-state index contributed by atoms with van der Waals surface area (Å²) in [6.07, 6.45) is 0. The van der Waals surface area contributed by atoms with Crippen LogP contribution in [0.1, 0.15) is 25.0 Å². The fourth-order valence-electron chi connectivity index (χ4n) is 10.9. The first-order valence-electron chi connectivity index (χ1n) is 23.5. The van der Waals surface area contributed by atoms with Crippen LogP contribution in [0, 0.1) is 0 Å². The van der Waals surface area contributed by atoms with Gasteiger partial charge in [0.05, 0.1) is 22.4 Å². The summed E-state index contributed by atoms with van der Waals surface area (Å²) in [6, 6.07) is 85.8. The molecule has 0 bridgehead atoms. The largest absolute Gasteiger partial charge is 0.309 e. The van der Waals surface area contributed by atoms with Crippen LogP contribution >= 0.6 is 0 Å². The maximum Gasteiger partial charge on any atom is 0.160 e. The van der Waals surface area contributed by atoms with Gasteiger partial charge in [-0.2, -0.15) is 0 Å². The summed E-state index contributed by atoms with van der Waals surface area (Å²) in [5.74, 6) is 0.695. The van der Waals surface area contributed by atoms with Gasteiger partial charge < -0.3 is 4.57 Å². The van der Waals surface area contributed by atoms with Gasteiger partial charge in [0, 0.05) is 38.6 Å². The third-order valence-electron chi connectivity index (χ3n) is 14.2. The van der Waals surface area contributed by atoms with E-state index < -0.39 is 0 Å². The summed E-state index contributed by atoms with van der Waals surface area (Å²) < 4.78 is 2.45. The summed E-state index contributed by atoms with van der Waals surface area (Å²) in [6.45, 7) is 4.72. The minimum absolute atomic E-state index is 0.118. The SMILES string of the molecule is CC1(C)c2ccccc2-c2ccc(-c3cc(-c4ccc(-c5cc(-c6cccc(-c7ccccc7)c6)nc(-c6ccccc6)n5)c5ccccc45)cc(-n4c5ccccc5c5ccccc54)c3)cc21. The quantitative estimate of drug-likeness (QED) is 0.160. The first-order valence-corrected chi connectivity index (χ1v) is 23.5. The summed E-state index contributed by atoms with van der Waals surface area (Å²) in [5, 5.41) is 4.78. The molecule has 68 heavy (non-hydrogen) atoms. The van der Waals surface area contributed by atoms with Crippen LogP contribution in [-0.2, 0) is 5.41 Å². The lowest BCUT2D eigenvalue weighted by Gasteiger charge is -2.22. The van der Waals surface area contributed by atoms with E-state index in [0.29, 0.717) is 5.82 Å². The number of rotatable bonds is 7. The molecule has 12 aromatic rings. The summed E-state index contributed by atoms with van der Waals surface area (Å²) in [5.41, 5.74) is 20.6. The van der Waals surface area contributed by atoms with Crippen molar-refractivity contribution < 1.29 is 0 Å². The van der Waals surface area contributed by atoms with Crippen molar-refractivity contribution in [1.29, 1.82) is 0 Å². The van der Waals surface area contributed by atoms with Crippen molar-refractivity contribution in [2.45, 2.75) is 19.3 Å². The molecule has 1 aliphatic carbocycles. The van der Waals surface area contributed by atoms with E-state index in [1.165, 1.54) is 60.8 Å². The molecule has 2 aromatic heterocycles. The van der Waals surface area contributed by atoms with Gasteiger partial charge in [0.2, 0.25) is 0 Å². The van der Waals surface area contributed by atoms with E-state index >= 15 is 0 Å². The second-order valence-electron chi connectivity index (χ2n) is 18.6. The molecular formula is C65H45N3. The van der Waals surface area contributed by atoms with Gasteiger partial charge in [0.25, 0.3) is 0 Å². The molecule has 320 valence electrons. The van der Waals surface area contributed by atoms with Crippen LogP contribution in [0.5, 0.6) is 0 Å². The number of aromatic nitrogens is 3. The molecule has 0 N–H and O–H groups in total. The van der Waals surface area contributed by atoms with Crippen LogP contribution in [0.2, 0.25) is 0 Å². The molecule has 0 radical (unpaired) electrons. The fourth-order valence-corrected chi connectivity index (χ4v) is 10.9. The van der Waals surface area contributed by atoms with Gasteiger partial charge in [-0.15, -0.1) is 0 Å². The molecule has 10 aromatic carbocycles. The number of hydrogen-bond donors (Lipinski definition) is 0. The molecule has 0 atom stereocenters.